The molecule has 0 aliphatic rings. The first kappa shape index (κ1) is 14.8. The largest absolute Gasteiger partial charge is 0.384 e. The summed E-state index contributed by atoms with van der Waals surface area (Å²) in [6.45, 7) is 0.262. The number of nitrogens with zero attached hydrogens (tertiary/aromatic N) is 3. The summed E-state index contributed by atoms with van der Waals surface area (Å²) < 4.78 is 1.55. The number of aliphatic hydroxyl groups excluding tert-OH is 1. The Balaban J connectivity index is 2.18. The van der Waals surface area contributed by atoms with Crippen LogP contribution in [-0.4, -0.2) is 39.3 Å². The molecule has 0 atom stereocenters. The molecule has 21 heavy (non-hydrogen) atoms. The van der Waals surface area contributed by atoms with Gasteiger partial charge in [0.2, 0.25) is 0 Å². The predicted molar refractivity (Wildman–Crippen MR) is 79.4 cm³/mol. The van der Waals surface area contributed by atoms with Crippen LogP contribution < -0.4 is 0 Å². The van der Waals surface area contributed by atoms with Crippen LogP contribution in [0.5, 0.6) is 0 Å². The number of aromatic nitrogens is 2. The van der Waals surface area contributed by atoms with Gasteiger partial charge in [-0.15, -0.1) is 0 Å². The topological polar surface area (TPSA) is 58.4 Å². The van der Waals surface area contributed by atoms with Crippen molar-refractivity contribution in [1.82, 2.24) is 14.7 Å². The normalized spacial score (nSPS) is 9.86. The van der Waals surface area contributed by atoms with Crippen molar-refractivity contribution in [3.8, 4) is 11.8 Å². The molecule has 0 aliphatic carbocycles. The molecule has 1 amide bonds. The molecule has 1 heterocycles. The summed E-state index contributed by atoms with van der Waals surface area (Å²) in [7, 11) is 3.48. The van der Waals surface area contributed by atoms with Gasteiger partial charge in [-0.25, -0.2) is 0 Å². The van der Waals surface area contributed by atoms with Gasteiger partial charge in [0, 0.05) is 32.4 Å². The van der Waals surface area contributed by atoms with E-state index in [2.05, 4.69) is 16.9 Å². The fourth-order valence-corrected chi connectivity index (χ4v) is 2.02. The second-order valence-electron chi connectivity index (χ2n) is 4.62. The number of carbonyl (C=O) groups is 1. The summed E-state index contributed by atoms with van der Waals surface area (Å²) in [5, 5.41) is 12.8. The van der Waals surface area contributed by atoms with Gasteiger partial charge in [0.05, 0.1) is 0 Å². The summed E-state index contributed by atoms with van der Waals surface area (Å²) in [6.07, 6.45) is 1.60. The highest BCUT2D eigenvalue weighted by molar-refractivity contribution is 5.92. The maximum Gasteiger partial charge on any atom is 0.272 e. The van der Waals surface area contributed by atoms with Gasteiger partial charge in [0.25, 0.3) is 5.91 Å². The van der Waals surface area contributed by atoms with Gasteiger partial charge < -0.3 is 10.0 Å². The number of aliphatic hydroxyl groups is 1. The standard InChI is InChI=1S/C16H17N3O2/c1-18(16(21)15-9-10-17-19(15)2)12-14-7-4-3-6-13(14)8-5-11-20/h3-4,6-7,9-10,20H,11-12H2,1-2H3. The lowest BCUT2D eigenvalue weighted by Crippen LogP contribution is -2.28. The molecular formula is C16H17N3O2. The number of hydrogen-bond donors (Lipinski definition) is 1. The summed E-state index contributed by atoms with van der Waals surface area (Å²) in [5.41, 5.74) is 2.30. The lowest BCUT2D eigenvalue weighted by Gasteiger charge is -2.18. The number of rotatable bonds is 3. The summed E-state index contributed by atoms with van der Waals surface area (Å²) >= 11 is 0. The zero-order valence-corrected chi connectivity index (χ0v) is 12.1. The minimum atomic E-state index is -0.182. The Hall–Kier alpha value is -2.58. The Morgan fingerprint density at radius 2 is 2.14 bits per heavy atom. The van der Waals surface area contributed by atoms with E-state index in [1.807, 2.05) is 24.3 Å². The Morgan fingerprint density at radius 1 is 1.38 bits per heavy atom. The quantitative estimate of drug-likeness (QED) is 0.856. The third kappa shape index (κ3) is 3.50. The molecular weight excluding hydrogens is 266 g/mol. The first-order chi connectivity index (χ1) is 10.1. The van der Waals surface area contributed by atoms with E-state index in [1.54, 1.807) is 35.9 Å². The minimum Gasteiger partial charge on any atom is -0.384 e. The molecule has 0 saturated carbocycles. The Kier molecular flexibility index (Phi) is 4.75. The Morgan fingerprint density at radius 3 is 2.81 bits per heavy atom. The van der Waals surface area contributed by atoms with E-state index in [9.17, 15) is 4.79 Å². The summed E-state index contributed by atoms with van der Waals surface area (Å²) in [6, 6.07) is 9.28. The third-order valence-electron chi connectivity index (χ3n) is 3.11. The van der Waals surface area contributed by atoms with E-state index in [-0.39, 0.29) is 12.5 Å². The number of carbonyl (C=O) groups excluding carboxylic acids is 1. The van der Waals surface area contributed by atoms with E-state index < -0.39 is 0 Å². The van der Waals surface area contributed by atoms with Crippen LogP contribution in [0.2, 0.25) is 0 Å². The second kappa shape index (κ2) is 6.73. The van der Waals surface area contributed by atoms with Crippen molar-refractivity contribution in [1.29, 1.82) is 0 Å². The van der Waals surface area contributed by atoms with E-state index >= 15 is 0 Å². The maximum atomic E-state index is 12.3. The zero-order chi connectivity index (χ0) is 15.2. The van der Waals surface area contributed by atoms with Gasteiger partial charge in [-0.3, -0.25) is 9.48 Å². The van der Waals surface area contributed by atoms with Gasteiger partial charge in [0.1, 0.15) is 12.3 Å². The lowest BCUT2D eigenvalue weighted by atomic mass is 10.1. The van der Waals surface area contributed by atoms with Crippen molar-refractivity contribution in [2.45, 2.75) is 6.54 Å². The smallest absolute Gasteiger partial charge is 0.272 e. The molecule has 1 N–H and O–H groups in total. The van der Waals surface area contributed by atoms with Crippen molar-refractivity contribution in [2.75, 3.05) is 13.7 Å². The van der Waals surface area contributed by atoms with Crippen LogP contribution in [0.4, 0.5) is 0 Å². The lowest BCUT2D eigenvalue weighted by molar-refractivity contribution is 0.0774. The fourth-order valence-electron chi connectivity index (χ4n) is 2.02. The molecule has 1 aromatic carbocycles. The molecule has 5 heteroatoms. The molecule has 0 unspecified atom stereocenters. The first-order valence-corrected chi connectivity index (χ1v) is 6.54. The van der Waals surface area contributed by atoms with Crippen LogP contribution in [0.1, 0.15) is 21.6 Å². The SMILES string of the molecule is CN(Cc1ccccc1C#CCO)C(=O)c1ccnn1C. The van der Waals surface area contributed by atoms with Crippen LogP contribution in [0.15, 0.2) is 36.5 Å². The molecule has 0 fully saturated rings. The Labute approximate surface area is 123 Å². The van der Waals surface area contributed by atoms with Crippen LogP contribution in [-0.2, 0) is 13.6 Å². The fraction of sp³-hybridized carbons (Fsp3) is 0.250. The highest BCUT2D eigenvalue weighted by Crippen LogP contribution is 2.12. The monoisotopic (exact) mass is 283 g/mol. The average Bonchev–Trinajstić information content (AvgIpc) is 2.91. The molecule has 0 aliphatic heterocycles. The summed E-state index contributed by atoms with van der Waals surface area (Å²) in [5.74, 6) is 5.43. The highest BCUT2D eigenvalue weighted by Gasteiger charge is 2.16. The molecule has 108 valence electrons. The van der Waals surface area contributed by atoms with Crippen molar-refractivity contribution in [3.05, 3.63) is 53.3 Å². The van der Waals surface area contributed by atoms with Gasteiger partial charge >= 0.3 is 0 Å². The number of benzene rings is 1. The van der Waals surface area contributed by atoms with Gasteiger partial charge in [-0.1, -0.05) is 30.0 Å². The predicted octanol–water partition coefficient (Wildman–Crippen LogP) is 1.04. The molecule has 0 spiro atoms. The van der Waals surface area contributed by atoms with Crippen molar-refractivity contribution < 1.29 is 9.90 Å². The third-order valence-corrected chi connectivity index (χ3v) is 3.11. The minimum absolute atomic E-state index is 0.0973. The van der Waals surface area contributed by atoms with Gasteiger partial charge in [-0.05, 0) is 17.7 Å². The first-order valence-electron chi connectivity index (χ1n) is 6.54. The molecule has 2 rings (SSSR count). The van der Waals surface area contributed by atoms with Crippen molar-refractivity contribution in [3.63, 3.8) is 0 Å². The molecule has 0 saturated heterocycles. The molecule has 0 radical (unpaired) electrons. The number of aryl methyl sites for hydroxylation is 1. The van der Waals surface area contributed by atoms with Crippen molar-refractivity contribution >= 4 is 5.91 Å². The highest BCUT2D eigenvalue weighted by atomic mass is 16.2. The van der Waals surface area contributed by atoms with E-state index in [1.165, 1.54) is 0 Å². The van der Waals surface area contributed by atoms with E-state index in [4.69, 9.17) is 5.11 Å². The molecule has 1 aromatic heterocycles. The molecule has 5 nitrogen and oxygen atoms in total. The van der Waals surface area contributed by atoms with Crippen LogP contribution in [0.3, 0.4) is 0 Å². The van der Waals surface area contributed by atoms with Crippen molar-refractivity contribution in [2.24, 2.45) is 7.05 Å². The van der Waals surface area contributed by atoms with Gasteiger partial charge in [0.15, 0.2) is 0 Å². The zero-order valence-electron chi connectivity index (χ0n) is 12.1. The van der Waals surface area contributed by atoms with Crippen LogP contribution in [0.25, 0.3) is 0 Å². The van der Waals surface area contributed by atoms with Crippen LogP contribution >= 0.6 is 0 Å². The van der Waals surface area contributed by atoms with Crippen LogP contribution in [0, 0.1) is 11.8 Å². The number of amides is 1. The molecule has 0 bridgehead atoms. The Bertz CT molecular complexity index is 695. The van der Waals surface area contributed by atoms with E-state index in [0.717, 1.165) is 11.1 Å². The molecule has 2 aromatic rings. The average molecular weight is 283 g/mol. The number of hydrogen-bond acceptors (Lipinski definition) is 3. The van der Waals surface area contributed by atoms with E-state index in [0.29, 0.717) is 12.2 Å². The maximum absolute atomic E-state index is 12.3. The summed E-state index contributed by atoms with van der Waals surface area (Å²) in [4.78, 5) is 14.0. The van der Waals surface area contributed by atoms with Gasteiger partial charge in [-0.2, -0.15) is 5.10 Å². The second-order valence-corrected chi connectivity index (χ2v) is 4.62.